The Hall–Kier alpha value is -2.51. The molecule has 23 heavy (non-hydrogen) atoms. The van der Waals surface area contributed by atoms with Gasteiger partial charge in [0.15, 0.2) is 0 Å². The van der Waals surface area contributed by atoms with Crippen LogP contribution in [0.2, 0.25) is 0 Å². The van der Waals surface area contributed by atoms with Crippen LogP contribution in [0.3, 0.4) is 0 Å². The Kier molecular flexibility index (Phi) is 3.75. The first-order chi connectivity index (χ1) is 10.9. The van der Waals surface area contributed by atoms with Gasteiger partial charge in [-0.25, -0.2) is 17.9 Å². The highest BCUT2D eigenvalue weighted by atomic mass is 32.2. The van der Waals surface area contributed by atoms with E-state index in [-0.39, 0.29) is 10.7 Å². The van der Waals surface area contributed by atoms with Gasteiger partial charge in [0.05, 0.1) is 10.5 Å². The summed E-state index contributed by atoms with van der Waals surface area (Å²) in [6.07, 6.45) is 0. The van der Waals surface area contributed by atoms with Crippen LogP contribution in [0.5, 0.6) is 0 Å². The Bertz CT molecular complexity index is 963. The van der Waals surface area contributed by atoms with Crippen LogP contribution >= 0.6 is 0 Å². The topological polar surface area (TPSA) is 86.2 Å². The van der Waals surface area contributed by atoms with Crippen molar-refractivity contribution in [3.05, 3.63) is 60.1 Å². The van der Waals surface area contributed by atoms with Crippen LogP contribution in [0.1, 0.15) is 5.76 Å². The second kappa shape index (κ2) is 5.60. The van der Waals surface area contributed by atoms with Crippen LogP contribution in [0.15, 0.2) is 57.9 Å². The van der Waals surface area contributed by atoms with E-state index in [1.54, 1.807) is 31.2 Å². The Morgan fingerprint density at radius 3 is 2.39 bits per heavy atom. The largest absolute Gasteiger partial charge is 0.360 e. The maximum atomic E-state index is 13.4. The van der Waals surface area contributed by atoms with Crippen molar-refractivity contribution in [2.24, 2.45) is 5.14 Å². The molecule has 118 valence electrons. The van der Waals surface area contributed by atoms with Crippen LogP contribution in [0.25, 0.3) is 22.4 Å². The number of nitrogens with zero attached hydrogens (tertiary/aromatic N) is 1. The first-order valence-corrected chi connectivity index (χ1v) is 8.26. The normalized spacial score (nSPS) is 11.6. The quantitative estimate of drug-likeness (QED) is 0.798. The van der Waals surface area contributed by atoms with E-state index in [1.807, 2.05) is 0 Å². The standard InChI is InChI=1S/C16H13FN2O3S/c1-10-15(11-5-7-14(8-6-11)23(18,20)21)16(19-22-10)12-3-2-4-13(17)9-12/h2-9H,1H3,(H2,18,20,21). The summed E-state index contributed by atoms with van der Waals surface area (Å²) in [5, 5.41) is 9.08. The van der Waals surface area contributed by atoms with Crippen molar-refractivity contribution in [2.45, 2.75) is 11.8 Å². The summed E-state index contributed by atoms with van der Waals surface area (Å²) in [5.74, 6) is 0.172. The van der Waals surface area contributed by atoms with E-state index in [0.717, 1.165) is 0 Å². The number of aromatic nitrogens is 1. The summed E-state index contributed by atoms with van der Waals surface area (Å²) in [6, 6.07) is 12.1. The van der Waals surface area contributed by atoms with Crippen molar-refractivity contribution < 1.29 is 17.3 Å². The number of sulfonamides is 1. The second-order valence-electron chi connectivity index (χ2n) is 5.04. The predicted octanol–water partition coefficient (Wildman–Crippen LogP) is 3.10. The SMILES string of the molecule is Cc1onc(-c2cccc(F)c2)c1-c1ccc(S(N)(=O)=O)cc1. The molecule has 0 spiro atoms. The molecule has 0 radical (unpaired) electrons. The molecule has 7 heteroatoms. The lowest BCUT2D eigenvalue weighted by atomic mass is 9.99. The van der Waals surface area contributed by atoms with Gasteiger partial charge in [0, 0.05) is 5.56 Å². The van der Waals surface area contributed by atoms with Crippen molar-refractivity contribution >= 4 is 10.0 Å². The highest BCUT2D eigenvalue weighted by Crippen LogP contribution is 2.34. The van der Waals surface area contributed by atoms with E-state index in [0.29, 0.717) is 28.1 Å². The van der Waals surface area contributed by atoms with Crippen LogP contribution in [0, 0.1) is 12.7 Å². The fourth-order valence-corrected chi connectivity index (χ4v) is 2.87. The minimum atomic E-state index is -3.76. The van der Waals surface area contributed by atoms with Gasteiger partial charge in [-0.15, -0.1) is 0 Å². The Labute approximate surface area is 132 Å². The minimum absolute atomic E-state index is 0.0164. The van der Waals surface area contributed by atoms with Crippen LogP contribution in [-0.4, -0.2) is 13.6 Å². The van der Waals surface area contributed by atoms with E-state index < -0.39 is 10.0 Å². The van der Waals surface area contributed by atoms with E-state index in [9.17, 15) is 12.8 Å². The first kappa shape index (κ1) is 15.4. The molecule has 0 amide bonds. The summed E-state index contributed by atoms with van der Waals surface area (Å²) in [5.41, 5.74) is 2.45. The average molecular weight is 332 g/mol. The lowest BCUT2D eigenvalue weighted by Gasteiger charge is -2.05. The summed E-state index contributed by atoms with van der Waals surface area (Å²) >= 11 is 0. The molecule has 1 aromatic heterocycles. The van der Waals surface area contributed by atoms with Gasteiger partial charge >= 0.3 is 0 Å². The van der Waals surface area contributed by atoms with Gasteiger partial charge in [0.2, 0.25) is 10.0 Å². The molecule has 0 bridgehead atoms. The molecule has 0 aliphatic carbocycles. The molecule has 0 aliphatic rings. The van der Waals surface area contributed by atoms with Gasteiger partial charge in [-0.05, 0) is 36.8 Å². The fraction of sp³-hybridized carbons (Fsp3) is 0.0625. The Balaban J connectivity index is 2.12. The van der Waals surface area contributed by atoms with Gasteiger partial charge in [0.1, 0.15) is 17.3 Å². The molecule has 0 atom stereocenters. The average Bonchev–Trinajstić information content (AvgIpc) is 2.88. The van der Waals surface area contributed by atoms with Crippen molar-refractivity contribution in [3.8, 4) is 22.4 Å². The van der Waals surface area contributed by atoms with E-state index in [1.165, 1.54) is 24.3 Å². The zero-order chi connectivity index (χ0) is 16.6. The predicted molar refractivity (Wildman–Crippen MR) is 83.4 cm³/mol. The van der Waals surface area contributed by atoms with Gasteiger partial charge in [-0.2, -0.15) is 0 Å². The maximum Gasteiger partial charge on any atom is 0.238 e. The summed E-state index contributed by atoms with van der Waals surface area (Å²) in [7, 11) is -3.76. The highest BCUT2D eigenvalue weighted by molar-refractivity contribution is 7.89. The molecule has 0 aliphatic heterocycles. The molecule has 0 fully saturated rings. The molecule has 0 unspecified atom stereocenters. The second-order valence-corrected chi connectivity index (χ2v) is 6.60. The van der Waals surface area contributed by atoms with E-state index in [2.05, 4.69) is 5.16 Å². The van der Waals surface area contributed by atoms with Gasteiger partial charge in [-0.3, -0.25) is 0 Å². The number of benzene rings is 2. The molecule has 1 heterocycles. The van der Waals surface area contributed by atoms with Gasteiger partial charge in [-0.1, -0.05) is 29.4 Å². The third-order valence-electron chi connectivity index (χ3n) is 3.43. The van der Waals surface area contributed by atoms with Crippen molar-refractivity contribution in [1.82, 2.24) is 5.16 Å². The number of rotatable bonds is 3. The molecule has 0 saturated carbocycles. The van der Waals surface area contributed by atoms with Crippen LogP contribution in [-0.2, 0) is 10.0 Å². The fourth-order valence-electron chi connectivity index (χ4n) is 2.36. The molecular weight excluding hydrogens is 319 g/mol. The smallest absolute Gasteiger partial charge is 0.238 e. The highest BCUT2D eigenvalue weighted by Gasteiger charge is 2.17. The first-order valence-electron chi connectivity index (χ1n) is 6.72. The molecule has 2 aromatic carbocycles. The lowest BCUT2D eigenvalue weighted by Crippen LogP contribution is -2.11. The lowest BCUT2D eigenvalue weighted by molar-refractivity contribution is 0.400. The number of nitrogens with two attached hydrogens (primary N) is 1. The third kappa shape index (κ3) is 3.01. The third-order valence-corrected chi connectivity index (χ3v) is 4.36. The Morgan fingerprint density at radius 2 is 1.78 bits per heavy atom. The zero-order valence-electron chi connectivity index (χ0n) is 12.2. The van der Waals surface area contributed by atoms with Crippen molar-refractivity contribution in [1.29, 1.82) is 0 Å². The van der Waals surface area contributed by atoms with Gasteiger partial charge < -0.3 is 4.52 Å². The van der Waals surface area contributed by atoms with Crippen molar-refractivity contribution in [3.63, 3.8) is 0 Å². The Morgan fingerprint density at radius 1 is 1.09 bits per heavy atom. The van der Waals surface area contributed by atoms with E-state index in [4.69, 9.17) is 9.66 Å². The van der Waals surface area contributed by atoms with Gasteiger partial charge in [0.25, 0.3) is 0 Å². The molecular formula is C16H13FN2O3S. The molecule has 3 rings (SSSR count). The molecule has 3 aromatic rings. The van der Waals surface area contributed by atoms with Crippen LogP contribution < -0.4 is 5.14 Å². The number of halogens is 1. The number of hydrogen-bond donors (Lipinski definition) is 1. The van der Waals surface area contributed by atoms with Crippen LogP contribution in [0.4, 0.5) is 4.39 Å². The van der Waals surface area contributed by atoms with E-state index >= 15 is 0 Å². The molecule has 0 saturated heterocycles. The number of aryl methyl sites for hydroxylation is 1. The molecule has 5 nitrogen and oxygen atoms in total. The summed E-state index contributed by atoms with van der Waals surface area (Å²) in [6.45, 7) is 1.73. The monoisotopic (exact) mass is 332 g/mol. The number of primary sulfonamides is 1. The maximum absolute atomic E-state index is 13.4. The summed E-state index contributed by atoms with van der Waals surface area (Å²) in [4.78, 5) is 0.0164. The minimum Gasteiger partial charge on any atom is -0.360 e. The molecule has 2 N–H and O–H groups in total. The van der Waals surface area contributed by atoms with Crippen molar-refractivity contribution in [2.75, 3.05) is 0 Å². The zero-order valence-corrected chi connectivity index (χ0v) is 13.0. The number of hydrogen-bond acceptors (Lipinski definition) is 4. The summed E-state index contributed by atoms with van der Waals surface area (Å²) < 4.78 is 41.3.